The lowest BCUT2D eigenvalue weighted by Gasteiger charge is -2.23. The molecule has 0 aromatic carbocycles. The largest absolute Gasteiger partial charge is 0.489 e. The van der Waals surface area contributed by atoms with Crippen LogP contribution >= 0.6 is 11.3 Å². The Bertz CT molecular complexity index is 833. The second-order valence-corrected chi connectivity index (χ2v) is 8.54. The molecule has 1 fully saturated rings. The van der Waals surface area contributed by atoms with Crippen molar-refractivity contribution in [1.82, 2.24) is 9.88 Å². The Morgan fingerprint density at radius 3 is 2.76 bits per heavy atom. The van der Waals surface area contributed by atoms with Crippen LogP contribution in [0.5, 0.6) is 5.75 Å². The maximum atomic E-state index is 14.0. The van der Waals surface area contributed by atoms with Crippen molar-refractivity contribution in [3.63, 3.8) is 0 Å². The lowest BCUT2D eigenvalue weighted by Crippen LogP contribution is -2.27. The van der Waals surface area contributed by atoms with Gasteiger partial charge in [0, 0.05) is 19.2 Å². The van der Waals surface area contributed by atoms with Crippen LogP contribution in [0.4, 0.5) is 9.18 Å². The lowest BCUT2D eigenvalue weighted by molar-refractivity contribution is 0.105. The number of halogens is 1. The SMILES string of the molecule is CCCN(C)C(=O)OCc1cc(F)sc1-c1ccc(OC2CCCCC2)c(C)n1. The summed E-state index contributed by atoms with van der Waals surface area (Å²) in [5, 5.41) is -0.324. The molecule has 29 heavy (non-hydrogen) atoms. The summed E-state index contributed by atoms with van der Waals surface area (Å²) in [6.45, 7) is 4.54. The van der Waals surface area contributed by atoms with E-state index in [2.05, 4.69) is 4.98 Å². The number of rotatable bonds is 7. The van der Waals surface area contributed by atoms with Crippen LogP contribution in [0.15, 0.2) is 18.2 Å². The van der Waals surface area contributed by atoms with Gasteiger partial charge in [0.2, 0.25) is 0 Å². The molecule has 1 aliphatic carbocycles. The molecule has 1 amide bonds. The van der Waals surface area contributed by atoms with E-state index >= 15 is 0 Å². The van der Waals surface area contributed by atoms with Crippen molar-refractivity contribution in [3.8, 4) is 16.3 Å². The Balaban J connectivity index is 1.71. The van der Waals surface area contributed by atoms with Gasteiger partial charge in [-0.3, -0.25) is 0 Å². The summed E-state index contributed by atoms with van der Waals surface area (Å²) in [7, 11) is 1.69. The van der Waals surface area contributed by atoms with Crippen LogP contribution in [0.1, 0.15) is 56.7 Å². The van der Waals surface area contributed by atoms with Crippen molar-refractivity contribution in [2.45, 2.75) is 65.1 Å². The van der Waals surface area contributed by atoms with E-state index in [1.807, 2.05) is 26.0 Å². The predicted octanol–water partition coefficient (Wildman–Crippen LogP) is 5.95. The fraction of sp³-hybridized carbons (Fsp3) is 0.545. The minimum Gasteiger partial charge on any atom is -0.489 e. The maximum Gasteiger partial charge on any atom is 0.409 e. The first-order chi connectivity index (χ1) is 14.0. The monoisotopic (exact) mass is 420 g/mol. The minimum absolute atomic E-state index is 0.0176. The Labute approximate surface area is 175 Å². The number of aromatic nitrogens is 1. The number of ether oxygens (including phenoxy) is 2. The zero-order valence-electron chi connectivity index (χ0n) is 17.4. The third-order valence-corrected chi connectivity index (χ3v) is 6.10. The second-order valence-electron chi connectivity index (χ2n) is 7.54. The van der Waals surface area contributed by atoms with Gasteiger partial charge in [-0.1, -0.05) is 13.3 Å². The molecule has 1 aliphatic rings. The van der Waals surface area contributed by atoms with Gasteiger partial charge in [-0.25, -0.2) is 9.78 Å². The van der Waals surface area contributed by atoms with Crippen LogP contribution in [-0.2, 0) is 11.3 Å². The fourth-order valence-corrected chi connectivity index (χ4v) is 4.42. The average molecular weight is 421 g/mol. The van der Waals surface area contributed by atoms with Crippen LogP contribution in [0.2, 0.25) is 0 Å². The Kier molecular flexibility index (Phi) is 7.47. The first-order valence-electron chi connectivity index (χ1n) is 10.3. The molecule has 0 atom stereocenters. The van der Waals surface area contributed by atoms with Gasteiger partial charge in [0.15, 0.2) is 5.13 Å². The van der Waals surface area contributed by atoms with Gasteiger partial charge < -0.3 is 14.4 Å². The van der Waals surface area contributed by atoms with Crippen LogP contribution < -0.4 is 4.74 Å². The van der Waals surface area contributed by atoms with E-state index in [-0.39, 0.29) is 17.8 Å². The summed E-state index contributed by atoms with van der Waals surface area (Å²) in [6, 6.07) is 5.18. The molecule has 0 aliphatic heterocycles. The van der Waals surface area contributed by atoms with Crippen molar-refractivity contribution in [3.05, 3.63) is 34.6 Å². The molecule has 0 bridgehead atoms. The van der Waals surface area contributed by atoms with E-state index in [4.69, 9.17) is 9.47 Å². The topological polar surface area (TPSA) is 51.7 Å². The van der Waals surface area contributed by atoms with Crippen molar-refractivity contribution in [1.29, 1.82) is 0 Å². The van der Waals surface area contributed by atoms with Crippen LogP contribution in [0.25, 0.3) is 10.6 Å². The second kappa shape index (κ2) is 10.1. The van der Waals surface area contributed by atoms with E-state index in [1.165, 1.54) is 30.2 Å². The standard InChI is InChI=1S/C22H29FN2O3S/c1-4-12-25(3)22(26)27-14-16-13-20(23)29-21(16)18-10-11-19(15(2)24-18)28-17-8-6-5-7-9-17/h10-11,13,17H,4-9,12,14H2,1-3H3. The van der Waals surface area contributed by atoms with E-state index < -0.39 is 6.09 Å². The van der Waals surface area contributed by atoms with Gasteiger partial charge in [0.05, 0.1) is 22.4 Å². The molecular formula is C22H29FN2O3S. The number of thiophene rings is 1. The molecule has 0 spiro atoms. The average Bonchev–Trinajstić information content (AvgIpc) is 3.09. The molecule has 2 aromatic heterocycles. The smallest absolute Gasteiger partial charge is 0.409 e. The molecule has 2 aromatic rings. The molecule has 0 unspecified atom stereocenters. The molecule has 3 rings (SSSR count). The number of nitrogens with zero attached hydrogens (tertiary/aromatic N) is 2. The summed E-state index contributed by atoms with van der Waals surface area (Å²) in [5.74, 6) is 0.784. The number of pyridine rings is 1. The quantitative estimate of drug-likeness (QED) is 0.556. The number of carbonyl (C=O) groups excluding carboxylic acids is 1. The molecule has 2 heterocycles. The molecule has 5 nitrogen and oxygen atoms in total. The van der Waals surface area contributed by atoms with Crippen molar-refractivity contribution < 1.29 is 18.7 Å². The van der Waals surface area contributed by atoms with Gasteiger partial charge in [-0.05, 0) is 57.2 Å². The minimum atomic E-state index is -0.412. The van der Waals surface area contributed by atoms with E-state index in [1.54, 1.807) is 7.05 Å². The summed E-state index contributed by atoms with van der Waals surface area (Å²) in [4.78, 5) is 18.9. The number of carbonyl (C=O) groups is 1. The molecule has 1 saturated carbocycles. The number of hydrogen-bond donors (Lipinski definition) is 0. The molecule has 0 radical (unpaired) electrons. The number of aryl methyl sites for hydroxylation is 1. The molecular weight excluding hydrogens is 391 g/mol. The first-order valence-corrected chi connectivity index (χ1v) is 11.1. The zero-order chi connectivity index (χ0) is 20.8. The summed E-state index contributed by atoms with van der Waals surface area (Å²) in [6.07, 6.45) is 6.55. The van der Waals surface area contributed by atoms with Gasteiger partial charge in [0.1, 0.15) is 12.4 Å². The third kappa shape index (κ3) is 5.69. The highest BCUT2D eigenvalue weighted by atomic mass is 32.1. The van der Waals surface area contributed by atoms with Gasteiger partial charge in [-0.15, -0.1) is 11.3 Å². The molecule has 0 saturated heterocycles. The van der Waals surface area contributed by atoms with Gasteiger partial charge in [0.25, 0.3) is 0 Å². The van der Waals surface area contributed by atoms with E-state index in [0.29, 0.717) is 22.7 Å². The van der Waals surface area contributed by atoms with E-state index in [9.17, 15) is 9.18 Å². The van der Waals surface area contributed by atoms with Crippen molar-refractivity contribution in [2.75, 3.05) is 13.6 Å². The van der Waals surface area contributed by atoms with Crippen LogP contribution in [-0.4, -0.2) is 35.7 Å². The van der Waals surface area contributed by atoms with Gasteiger partial charge >= 0.3 is 6.09 Å². The summed E-state index contributed by atoms with van der Waals surface area (Å²) in [5.41, 5.74) is 2.08. The molecule has 7 heteroatoms. The summed E-state index contributed by atoms with van der Waals surface area (Å²) < 4.78 is 25.5. The Hall–Kier alpha value is -2.15. The maximum absolute atomic E-state index is 14.0. The highest BCUT2D eigenvalue weighted by molar-refractivity contribution is 7.14. The number of hydrogen-bond acceptors (Lipinski definition) is 5. The predicted molar refractivity (Wildman–Crippen MR) is 113 cm³/mol. The molecule has 0 N–H and O–H groups in total. The van der Waals surface area contributed by atoms with Gasteiger partial charge in [-0.2, -0.15) is 4.39 Å². The number of amides is 1. The highest BCUT2D eigenvalue weighted by Crippen LogP contribution is 2.34. The van der Waals surface area contributed by atoms with Crippen molar-refractivity contribution in [2.24, 2.45) is 0 Å². The van der Waals surface area contributed by atoms with Crippen LogP contribution in [0.3, 0.4) is 0 Å². The fourth-order valence-electron chi connectivity index (χ4n) is 3.56. The summed E-state index contributed by atoms with van der Waals surface area (Å²) >= 11 is 1.01. The van der Waals surface area contributed by atoms with E-state index in [0.717, 1.165) is 42.0 Å². The Morgan fingerprint density at radius 2 is 2.07 bits per heavy atom. The van der Waals surface area contributed by atoms with Crippen LogP contribution in [0, 0.1) is 12.1 Å². The first kappa shape index (κ1) is 21.6. The highest BCUT2D eigenvalue weighted by Gasteiger charge is 2.19. The van der Waals surface area contributed by atoms with Crippen molar-refractivity contribution >= 4 is 17.4 Å². The normalized spacial score (nSPS) is 14.6. The lowest BCUT2D eigenvalue weighted by atomic mass is 9.98. The third-order valence-electron chi connectivity index (χ3n) is 5.12. The molecule has 158 valence electrons. The Morgan fingerprint density at radius 1 is 1.31 bits per heavy atom. The zero-order valence-corrected chi connectivity index (χ0v) is 18.2.